The molecule has 92 valence electrons. The monoisotopic (exact) mass is 233 g/mol. The molecule has 2 rings (SSSR count). The summed E-state index contributed by atoms with van der Waals surface area (Å²) < 4.78 is 0. The highest BCUT2D eigenvalue weighted by molar-refractivity contribution is 5.81. The summed E-state index contributed by atoms with van der Waals surface area (Å²) in [6.45, 7) is 4.57. The topological polar surface area (TPSA) is 49.6 Å². The van der Waals surface area contributed by atoms with Crippen LogP contribution in [-0.2, 0) is 4.79 Å². The number of nitrogens with two attached hydrogens (primary N) is 1. The molecule has 1 fully saturated rings. The van der Waals surface area contributed by atoms with Crippen molar-refractivity contribution in [2.75, 3.05) is 31.6 Å². The third kappa shape index (κ3) is 2.42. The summed E-state index contributed by atoms with van der Waals surface area (Å²) in [6, 6.07) is 8.05. The van der Waals surface area contributed by atoms with Crippen LogP contribution < -0.4 is 10.6 Å². The number of carbonyl (C=O) groups excluding carboxylic acids is 1. The Labute approximate surface area is 102 Å². The van der Waals surface area contributed by atoms with Crippen LogP contribution in [0.2, 0.25) is 0 Å². The highest BCUT2D eigenvalue weighted by atomic mass is 16.1. The van der Waals surface area contributed by atoms with E-state index in [1.165, 1.54) is 11.3 Å². The normalized spacial score (nSPS) is 21.5. The lowest BCUT2D eigenvalue weighted by Gasteiger charge is -2.39. The Morgan fingerprint density at radius 2 is 2.06 bits per heavy atom. The largest absolute Gasteiger partial charge is 0.368 e. The summed E-state index contributed by atoms with van der Waals surface area (Å²) in [5, 5.41) is 0. The van der Waals surface area contributed by atoms with Crippen LogP contribution in [0.25, 0.3) is 0 Å². The SMILES string of the molecule is Cc1ccccc1N1CCN(C)[C@H](C(N)=O)C1. The van der Waals surface area contributed by atoms with E-state index >= 15 is 0 Å². The van der Waals surface area contributed by atoms with Crippen LogP contribution in [0.15, 0.2) is 24.3 Å². The molecule has 2 N–H and O–H groups in total. The Kier molecular flexibility index (Phi) is 3.33. The molecule has 1 atom stereocenters. The van der Waals surface area contributed by atoms with Crippen molar-refractivity contribution in [1.82, 2.24) is 4.90 Å². The molecular weight excluding hydrogens is 214 g/mol. The summed E-state index contributed by atoms with van der Waals surface area (Å²) in [5.41, 5.74) is 7.87. The van der Waals surface area contributed by atoms with Gasteiger partial charge in [0.1, 0.15) is 6.04 Å². The maximum absolute atomic E-state index is 11.4. The van der Waals surface area contributed by atoms with Gasteiger partial charge in [-0.1, -0.05) is 18.2 Å². The van der Waals surface area contributed by atoms with Crippen molar-refractivity contribution in [3.8, 4) is 0 Å². The number of carbonyl (C=O) groups is 1. The number of likely N-dealkylation sites (N-methyl/N-ethyl adjacent to an activating group) is 1. The zero-order valence-electron chi connectivity index (χ0n) is 10.4. The highest BCUT2D eigenvalue weighted by Crippen LogP contribution is 2.22. The van der Waals surface area contributed by atoms with Gasteiger partial charge in [0.15, 0.2) is 0 Å². The molecule has 4 heteroatoms. The smallest absolute Gasteiger partial charge is 0.236 e. The van der Waals surface area contributed by atoms with Crippen molar-refractivity contribution in [2.24, 2.45) is 5.73 Å². The number of piperazine rings is 1. The minimum atomic E-state index is -0.245. The molecule has 1 heterocycles. The van der Waals surface area contributed by atoms with E-state index in [1.807, 2.05) is 24.1 Å². The number of primary amides is 1. The number of hydrogen-bond donors (Lipinski definition) is 1. The van der Waals surface area contributed by atoms with Gasteiger partial charge in [-0.05, 0) is 25.6 Å². The van der Waals surface area contributed by atoms with E-state index in [9.17, 15) is 4.79 Å². The zero-order chi connectivity index (χ0) is 12.4. The first-order chi connectivity index (χ1) is 8.09. The maximum atomic E-state index is 11.4. The zero-order valence-corrected chi connectivity index (χ0v) is 10.4. The number of rotatable bonds is 2. The fourth-order valence-electron chi connectivity index (χ4n) is 2.32. The van der Waals surface area contributed by atoms with Gasteiger partial charge in [-0.15, -0.1) is 0 Å². The molecule has 0 saturated carbocycles. The van der Waals surface area contributed by atoms with Crippen LogP contribution in [0.3, 0.4) is 0 Å². The second-order valence-corrected chi connectivity index (χ2v) is 4.63. The van der Waals surface area contributed by atoms with E-state index in [2.05, 4.69) is 24.0 Å². The minimum Gasteiger partial charge on any atom is -0.368 e. The summed E-state index contributed by atoms with van der Waals surface area (Å²) in [4.78, 5) is 15.6. The second-order valence-electron chi connectivity index (χ2n) is 4.63. The lowest BCUT2D eigenvalue weighted by molar-refractivity contribution is -0.122. The quantitative estimate of drug-likeness (QED) is 0.814. The summed E-state index contributed by atoms with van der Waals surface area (Å²) in [5.74, 6) is -0.245. The Morgan fingerprint density at radius 3 is 2.71 bits per heavy atom. The summed E-state index contributed by atoms with van der Waals surface area (Å²) in [7, 11) is 1.95. The average Bonchev–Trinajstić information content (AvgIpc) is 2.30. The van der Waals surface area contributed by atoms with Crippen LogP contribution in [0.1, 0.15) is 5.56 Å². The lowest BCUT2D eigenvalue weighted by Crippen LogP contribution is -2.56. The number of nitrogens with zero attached hydrogens (tertiary/aromatic N) is 2. The molecule has 17 heavy (non-hydrogen) atoms. The fraction of sp³-hybridized carbons (Fsp3) is 0.462. The van der Waals surface area contributed by atoms with Gasteiger partial charge in [-0.2, -0.15) is 0 Å². The summed E-state index contributed by atoms with van der Waals surface area (Å²) >= 11 is 0. The van der Waals surface area contributed by atoms with E-state index < -0.39 is 0 Å². The van der Waals surface area contributed by atoms with Gasteiger partial charge < -0.3 is 10.6 Å². The van der Waals surface area contributed by atoms with Gasteiger partial charge in [0.25, 0.3) is 0 Å². The van der Waals surface area contributed by atoms with Gasteiger partial charge in [-0.3, -0.25) is 9.69 Å². The van der Waals surface area contributed by atoms with Gasteiger partial charge in [0.05, 0.1) is 0 Å². The first-order valence-electron chi connectivity index (χ1n) is 5.89. The Bertz CT molecular complexity index is 419. The van der Waals surface area contributed by atoms with E-state index in [4.69, 9.17) is 5.73 Å². The van der Waals surface area contributed by atoms with Gasteiger partial charge in [0, 0.05) is 25.3 Å². The lowest BCUT2D eigenvalue weighted by atomic mass is 10.1. The molecule has 0 radical (unpaired) electrons. The van der Waals surface area contributed by atoms with Crippen molar-refractivity contribution < 1.29 is 4.79 Å². The Balaban J connectivity index is 2.19. The molecule has 0 aromatic heterocycles. The van der Waals surface area contributed by atoms with Crippen molar-refractivity contribution >= 4 is 11.6 Å². The number of aryl methyl sites for hydroxylation is 1. The van der Waals surface area contributed by atoms with Crippen LogP contribution in [0, 0.1) is 6.92 Å². The molecule has 0 aliphatic carbocycles. The number of hydrogen-bond acceptors (Lipinski definition) is 3. The average molecular weight is 233 g/mol. The van der Waals surface area contributed by atoms with Gasteiger partial charge in [0.2, 0.25) is 5.91 Å². The molecule has 1 aromatic carbocycles. The van der Waals surface area contributed by atoms with Crippen LogP contribution in [-0.4, -0.2) is 43.5 Å². The van der Waals surface area contributed by atoms with E-state index in [0.717, 1.165) is 13.1 Å². The molecule has 1 saturated heterocycles. The molecule has 0 bridgehead atoms. The highest BCUT2D eigenvalue weighted by Gasteiger charge is 2.28. The number of benzene rings is 1. The van der Waals surface area contributed by atoms with Crippen molar-refractivity contribution in [3.63, 3.8) is 0 Å². The van der Waals surface area contributed by atoms with Crippen molar-refractivity contribution in [2.45, 2.75) is 13.0 Å². The molecular formula is C13H19N3O. The van der Waals surface area contributed by atoms with Crippen LogP contribution in [0.5, 0.6) is 0 Å². The number of para-hydroxylation sites is 1. The Morgan fingerprint density at radius 1 is 1.35 bits per heavy atom. The molecule has 0 spiro atoms. The first-order valence-corrected chi connectivity index (χ1v) is 5.89. The predicted molar refractivity (Wildman–Crippen MR) is 69.0 cm³/mol. The molecule has 1 amide bonds. The standard InChI is InChI=1S/C13H19N3O/c1-10-5-3-4-6-11(10)16-8-7-15(2)12(9-16)13(14)17/h3-6,12H,7-9H2,1-2H3,(H2,14,17)/t12-/m0/s1. The van der Waals surface area contributed by atoms with Crippen LogP contribution in [0.4, 0.5) is 5.69 Å². The molecule has 1 aromatic rings. The van der Waals surface area contributed by atoms with E-state index in [1.54, 1.807) is 0 Å². The van der Waals surface area contributed by atoms with Crippen molar-refractivity contribution in [3.05, 3.63) is 29.8 Å². The Hall–Kier alpha value is -1.55. The van der Waals surface area contributed by atoms with Gasteiger partial charge in [-0.25, -0.2) is 0 Å². The predicted octanol–water partition coefficient (Wildman–Crippen LogP) is 0.601. The van der Waals surface area contributed by atoms with E-state index in [-0.39, 0.29) is 11.9 Å². The summed E-state index contributed by atoms with van der Waals surface area (Å²) in [6.07, 6.45) is 0. The van der Waals surface area contributed by atoms with Crippen molar-refractivity contribution in [1.29, 1.82) is 0 Å². The molecule has 4 nitrogen and oxygen atoms in total. The molecule has 0 unspecified atom stereocenters. The third-order valence-electron chi connectivity index (χ3n) is 3.43. The van der Waals surface area contributed by atoms with Crippen LogP contribution >= 0.6 is 0 Å². The maximum Gasteiger partial charge on any atom is 0.236 e. The number of amides is 1. The second kappa shape index (κ2) is 4.75. The fourth-order valence-corrected chi connectivity index (χ4v) is 2.32. The molecule has 1 aliphatic rings. The number of anilines is 1. The third-order valence-corrected chi connectivity index (χ3v) is 3.43. The van der Waals surface area contributed by atoms with Gasteiger partial charge >= 0.3 is 0 Å². The van der Waals surface area contributed by atoms with E-state index in [0.29, 0.717) is 6.54 Å². The minimum absolute atomic E-state index is 0.191. The molecule has 1 aliphatic heterocycles. The first kappa shape index (κ1) is 11.9.